The quantitative estimate of drug-likeness (QED) is 0.800. The Balaban J connectivity index is 2.29. The lowest BCUT2D eigenvalue weighted by molar-refractivity contribution is 0.429. The Morgan fingerprint density at radius 2 is 2.00 bits per heavy atom. The van der Waals surface area contributed by atoms with Crippen LogP contribution >= 0.6 is 15.9 Å². The number of nitrogens with one attached hydrogen (secondary N) is 1. The van der Waals surface area contributed by atoms with Gasteiger partial charge in [-0.3, -0.25) is 0 Å². The van der Waals surface area contributed by atoms with Crippen molar-refractivity contribution in [3.63, 3.8) is 0 Å². The minimum atomic E-state index is -0.347. The number of rotatable bonds is 5. The highest BCUT2D eigenvalue weighted by atomic mass is 79.9. The van der Waals surface area contributed by atoms with Crippen molar-refractivity contribution >= 4 is 15.9 Å². The second-order valence-corrected chi connectivity index (χ2v) is 6.19. The first-order valence-electron chi connectivity index (χ1n) is 6.92. The highest BCUT2D eigenvalue weighted by Crippen LogP contribution is 2.31. The normalized spacial score (nSPS) is 11.0. The number of hydrogen-bond donors (Lipinski definition) is 1. The van der Waals surface area contributed by atoms with E-state index in [2.05, 4.69) is 35.1 Å². The Hall–Kier alpha value is -1.39. The molecule has 2 rings (SSSR count). The third-order valence-electron chi connectivity index (χ3n) is 3.10. The van der Waals surface area contributed by atoms with Gasteiger partial charge in [-0.2, -0.15) is 0 Å². The molecular weight excluding hydrogens is 333 g/mol. The minimum Gasteiger partial charge on any atom is -0.454 e. The summed E-state index contributed by atoms with van der Waals surface area (Å²) in [4.78, 5) is 0. The van der Waals surface area contributed by atoms with Crippen molar-refractivity contribution in [3.8, 4) is 11.5 Å². The third-order valence-corrected chi connectivity index (χ3v) is 3.59. The van der Waals surface area contributed by atoms with Crippen LogP contribution in [-0.2, 0) is 6.54 Å². The molecule has 1 N–H and O–H groups in total. The molecule has 0 aromatic heterocycles. The summed E-state index contributed by atoms with van der Waals surface area (Å²) < 4.78 is 20.9. The first-order valence-corrected chi connectivity index (χ1v) is 7.71. The van der Waals surface area contributed by atoms with Crippen molar-refractivity contribution in [2.24, 2.45) is 0 Å². The number of hydrogen-bond acceptors (Lipinski definition) is 2. The van der Waals surface area contributed by atoms with Crippen molar-refractivity contribution in [1.29, 1.82) is 0 Å². The maximum absolute atomic E-state index is 14.1. The van der Waals surface area contributed by atoms with E-state index in [1.165, 1.54) is 6.07 Å². The predicted molar refractivity (Wildman–Crippen MR) is 87.3 cm³/mol. The molecule has 0 aliphatic heterocycles. The number of aryl methyl sites for hydroxylation is 1. The fraction of sp³-hybridized carbons (Fsp3) is 0.294. The SMILES string of the molecule is Cc1cc(Br)ccc1Oc1c(F)cccc1CNC(C)C. The molecule has 0 atom stereocenters. The molecule has 0 saturated carbocycles. The molecule has 2 aromatic rings. The van der Waals surface area contributed by atoms with E-state index in [-0.39, 0.29) is 11.6 Å². The van der Waals surface area contributed by atoms with Crippen molar-refractivity contribution < 1.29 is 9.13 Å². The van der Waals surface area contributed by atoms with Crippen molar-refractivity contribution in [1.82, 2.24) is 5.32 Å². The van der Waals surface area contributed by atoms with Crippen LogP contribution < -0.4 is 10.1 Å². The van der Waals surface area contributed by atoms with Gasteiger partial charge in [0.05, 0.1) is 0 Å². The lowest BCUT2D eigenvalue weighted by atomic mass is 10.1. The van der Waals surface area contributed by atoms with Gasteiger partial charge in [0.15, 0.2) is 11.6 Å². The van der Waals surface area contributed by atoms with Crippen LogP contribution in [-0.4, -0.2) is 6.04 Å². The summed E-state index contributed by atoms with van der Waals surface area (Å²) in [6.45, 7) is 6.62. The molecule has 0 aliphatic carbocycles. The molecule has 0 unspecified atom stereocenters. The summed E-state index contributed by atoms with van der Waals surface area (Å²) >= 11 is 3.41. The molecule has 0 fully saturated rings. The Morgan fingerprint density at radius 1 is 1.24 bits per heavy atom. The lowest BCUT2D eigenvalue weighted by Gasteiger charge is -2.15. The monoisotopic (exact) mass is 351 g/mol. The largest absolute Gasteiger partial charge is 0.454 e. The second kappa shape index (κ2) is 7.05. The van der Waals surface area contributed by atoms with E-state index in [0.717, 1.165) is 15.6 Å². The van der Waals surface area contributed by atoms with Gasteiger partial charge in [0.2, 0.25) is 0 Å². The van der Waals surface area contributed by atoms with E-state index in [9.17, 15) is 4.39 Å². The van der Waals surface area contributed by atoms with Crippen LogP contribution in [0.1, 0.15) is 25.0 Å². The summed E-state index contributed by atoms with van der Waals surface area (Å²) in [6, 6.07) is 11.0. The van der Waals surface area contributed by atoms with E-state index in [1.807, 2.05) is 31.2 Å². The molecule has 2 aromatic carbocycles. The van der Waals surface area contributed by atoms with Crippen LogP contribution in [0, 0.1) is 12.7 Å². The van der Waals surface area contributed by atoms with E-state index in [4.69, 9.17) is 4.74 Å². The topological polar surface area (TPSA) is 21.3 Å². The molecule has 0 amide bonds. The lowest BCUT2D eigenvalue weighted by Crippen LogP contribution is -2.22. The molecule has 2 nitrogen and oxygen atoms in total. The van der Waals surface area contributed by atoms with Crippen molar-refractivity contribution in [2.45, 2.75) is 33.4 Å². The average Bonchev–Trinajstić information content (AvgIpc) is 2.42. The van der Waals surface area contributed by atoms with Gasteiger partial charge in [-0.05, 0) is 36.8 Å². The van der Waals surface area contributed by atoms with E-state index in [0.29, 0.717) is 18.3 Å². The van der Waals surface area contributed by atoms with Crippen LogP contribution in [0.5, 0.6) is 11.5 Å². The highest BCUT2D eigenvalue weighted by Gasteiger charge is 2.12. The van der Waals surface area contributed by atoms with Crippen LogP contribution in [0.3, 0.4) is 0 Å². The zero-order valence-corrected chi connectivity index (χ0v) is 14.0. The minimum absolute atomic E-state index is 0.288. The first kappa shape index (κ1) is 16.0. The zero-order chi connectivity index (χ0) is 15.4. The predicted octanol–water partition coefficient (Wildman–Crippen LogP) is 5.19. The van der Waals surface area contributed by atoms with E-state index >= 15 is 0 Å². The summed E-state index contributed by atoms with van der Waals surface area (Å²) in [6.07, 6.45) is 0. The molecule has 0 aliphatic rings. The molecular formula is C17H19BrFNO. The van der Waals surface area contributed by atoms with E-state index in [1.54, 1.807) is 6.07 Å². The summed E-state index contributed by atoms with van der Waals surface area (Å²) in [5.74, 6) is 0.602. The van der Waals surface area contributed by atoms with Gasteiger partial charge in [-0.1, -0.05) is 41.9 Å². The van der Waals surface area contributed by atoms with Gasteiger partial charge >= 0.3 is 0 Å². The molecule has 0 heterocycles. The summed E-state index contributed by atoms with van der Waals surface area (Å²) in [5.41, 5.74) is 1.77. The molecule has 0 radical (unpaired) electrons. The van der Waals surface area contributed by atoms with Gasteiger partial charge in [0.1, 0.15) is 5.75 Å². The van der Waals surface area contributed by atoms with Crippen LogP contribution in [0.2, 0.25) is 0 Å². The Kier molecular flexibility index (Phi) is 5.37. The number of para-hydroxylation sites is 1. The van der Waals surface area contributed by atoms with Gasteiger partial charge < -0.3 is 10.1 Å². The average molecular weight is 352 g/mol. The molecule has 21 heavy (non-hydrogen) atoms. The fourth-order valence-electron chi connectivity index (χ4n) is 1.96. The maximum atomic E-state index is 14.1. The Morgan fingerprint density at radius 3 is 2.67 bits per heavy atom. The Labute approximate surface area is 133 Å². The zero-order valence-electron chi connectivity index (χ0n) is 12.4. The summed E-state index contributed by atoms with van der Waals surface area (Å²) in [7, 11) is 0. The van der Waals surface area contributed by atoms with E-state index < -0.39 is 0 Å². The molecule has 0 bridgehead atoms. The highest BCUT2D eigenvalue weighted by molar-refractivity contribution is 9.10. The summed E-state index contributed by atoms with van der Waals surface area (Å²) in [5, 5.41) is 3.28. The smallest absolute Gasteiger partial charge is 0.167 e. The van der Waals surface area contributed by atoms with Crippen LogP contribution in [0.25, 0.3) is 0 Å². The van der Waals surface area contributed by atoms with Gasteiger partial charge in [0.25, 0.3) is 0 Å². The van der Waals surface area contributed by atoms with Gasteiger partial charge in [-0.25, -0.2) is 4.39 Å². The number of ether oxygens (including phenoxy) is 1. The van der Waals surface area contributed by atoms with Crippen molar-refractivity contribution in [3.05, 3.63) is 57.8 Å². The third kappa shape index (κ3) is 4.29. The fourth-order valence-corrected chi connectivity index (χ4v) is 2.43. The van der Waals surface area contributed by atoms with Crippen LogP contribution in [0.4, 0.5) is 4.39 Å². The molecule has 0 saturated heterocycles. The Bertz CT molecular complexity index is 628. The number of benzene rings is 2. The van der Waals surface area contributed by atoms with Gasteiger partial charge in [0, 0.05) is 22.6 Å². The molecule has 0 spiro atoms. The second-order valence-electron chi connectivity index (χ2n) is 5.28. The van der Waals surface area contributed by atoms with Crippen molar-refractivity contribution in [2.75, 3.05) is 0 Å². The van der Waals surface area contributed by atoms with Crippen LogP contribution in [0.15, 0.2) is 40.9 Å². The maximum Gasteiger partial charge on any atom is 0.167 e. The van der Waals surface area contributed by atoms with Gasteiger partial charge in [-0.15, -0.1) is 0 Å². The first-order chi connectivity index (χ1) is 9.97. The molecule has 4 heteroatoms. The number of halogens is 2. The molecule has 112 valence electrons. The standard InChI is InChI=1S/C17H19BrFNO/c1-11(2)20-10-13-5-4-6-15(19)17(13)21-16-8-7-14(18)9-12(16)3/h4-9,11,20H,10H2,1-3H3.